The fourth-order valence-corrected chi connectivity index (χ4v) is 6.50. The molecule has 1 fully saturated rings. The minimum atomic E-state index is -3.66. The lowest BCUT2D eigenvalue weighted by atomic mass is 9.87. The fourth-order valence-electron chi connectivity index (χ4n) is 4.58. The molecule has 212 valence electrons. The Labute approximate surface area is 245 Å². The SMILES string of the molecule is CC(C)(C)c1ccc(C(=O)Nc2cccc(NC(=O)[C@H]3CCCN(S(=O)(=O)Cc4ccc(Cl)c(Cl)c4)C3)c2)cc1. The van der Waals surface area contributed by atoms with Gasteiger partial charge in [-0.05, 0) is 71.8 Å². The zero-order valence-corrected chi connectivity index (χ0v) is 25.0. The lowest BCUT2D eigenvalue weighted by molar-refractivity contribution is -0.120. The number of hydrogen-bond acceptors (Lipinski definition) is 4. The van der Waals surface area contributed by atoms with E-state index in [2.05, 4.69) is 31.4 Å². The molecule has 0 radical (unpaired) electrons. The van der Waals surface area contributed by atoms with E-state index in [-0.39, 0.29) is 29.5 Å². The van der Waals surface area contributed by atoms with Crippen LogP contribution in [0.25, 0.3) is 0 Å². The van der Waals surface area contributed by atoms with Crippen molar-refractivity contribution < 1.29 is 18.0 Å². The van der Waals surface area contributed by atoms with Crippen molar-refractivity contribution in [1.29, 1.82) is 0 Å². The number of nitrogens with zero attached hydrogens (tertiary/aromatic N) is 1. The molecule has 0 aliphatic carbocycles. The van der Waals surface area contributed by atoms with Gasteiger partial charge in [0.1, 0.15) is 0 Å². The summed E-state index contributed by atoms with van der Waals surface area (Å²) in [7, 11) is -3.66. The molecule has 0 aromatic heterocycles. The predicted molar refractivity (Wildman–Crippen MR) is 162 cm³/mol. The van der Waals surface area contributed by atoms with Gasteiger partial charge in [-0.3, -0.25) is 9.59 Å². The van der Waals surface area contributed by atoms with E-state index < -0.39 is 15.9 Å². The molecule has 0 unspecified atom stereocenters. The first-order valence-corrected chi connectivity index (χ1v) is 15.4. The highest BCUT2D eigenvalue weighted by Crippen LogP contribution is 2.27. The molecule has 1 heterocycles. The van der Waals surface area contributed by atoms with Gasteiger partial charge >= 0.3 is 0 Å². The van der Waals surface area contributed by atoms with Gasteiger partial charge in [0.25, 0.3) is 5.91 Å². The lowest BCUT2D eigenvalue weighted by Gasteiger charge is -2.31. The van der Waals surface area contributed by atoms with E-state index in [1.807, 2.05) is 12.1 Å². The van der Waals surface area contributed by atoms with Gasteiger partial charge in [-0.25, -0.2) is 12.7 Å². The van der Waals surface area contributed by atoms with Crippen LogP contribution >= 0.6 is 23.2 Å². The molecule has 3 aromatic carbocycles. The topological polar surface area (TPSA) is 95.6 Å². The Morgan fingerprint density at radius 3 is 2.25 bits per heavy atom. The van der Waals surface area contributed by atoms with E-state index in [1.54, 1.807) is 54.6 Å². The first-order chi connectivity index (χ1) is 18.8. The van der Waals surface area contributed by atoms with Crippen molar-refractivity contribution >= 4 is 56.4 Å². The van der Waals surface area contributed by atoms with Crippen molar-refractivity contribution in [2.45, 2.75) is 44.8 Å². The number of anilines is 2. The van der Waals surface area contributed by atoms with Crippen LogP contribution in [0.2, 0.25) is 10.0 Å². The van der Waals surface area contributed by atoms with Crippen LogP contribution in [0, 0.1) is 5.92 Å². The third-order valence-corrected chi connectivity index (χ3v) is 9.44. The minimum absolute atomic E-state index is 0.00785. The van der Waals surface area contributed by atoms with E-state index in [9.17, 15) is 18.0 Å². The molecule has 2 amide bonds. The number of hydrogen-bond donors (Lipinski definition) is 2. The molecule has 0 spiro atoms. The van der Waals surface area contributed by atoms with Crippen molar-refractivity contribution in [3.05, 3.63) is 93.5 Å². The summed E-state index contributed by atoms with van der Waals surface area (Å²) in [5, 5.41) is 6.40. The number of amides is 2. The Morgan fingerprint density at radius 2 is 1.60 bits per heavy atom. The van der Waals surface area contributed by atoms with Crippen LogP contribution < -0.4 is 10.6 Å². The average molecular weight is 603 g/mol. The van der Waals surface area contributed by atoms with E-state index in [0.717, 1.165) is 5.56 Å². The summed E-state index contributed by atoms with van der Waals surface area (Å²) in [6.45, 7) is 6.79. The zero-order valence-electron chi connectivity index (χ0n) is 22.7. The average Bonchev–Trinajstić information content (AvgIpc) is 2.90. The van der Waals surface area contributed by atoms with Gasteiger partial charge in [0.2, 0.25) is 15.9 Å². The second-order valence-corrected chi connectivity index (χ2v) is 13.8. The molecule has 1 saturated heterocycles. The largest absolute Gasteiger partial charge is 0.326 e. The summed E-state index contributed by atoms with van der Waals surface area (Å²) in [4.78, 5) is 25.9. The minimum Gasteiger partial charge on any atom is -0.326 e. The van der Waals surface area contributed by atoms with Crippen LogP contribution in [0.3, 0.4) is 0 Å². The number of piperidine rings is 1. The predicted octanol–water partition coefficient (Wildman–Crippen LogP) is 6.72. The summed E-state index contributed by atoms with van der Waals surface area (Å²) in [6, 6.07) is 19.1. The molecule has 1 atom stereocenters. The van der Waals surface area contributed by atoms with Gasteiger partial charge in [-0.15, -0.1) is 0 Å². The van der Waals surface area contributed by atoms with Crippen LogP contribution in [-0.4, -0.2) is 37.6 Å². The lowest BCUT2D eigenvalue weighted by Crippen LogP contribution is -2.44. The van der Waals surface area contributed by atoms with Gasteiger partial charge in [0.15, 0.2) is 0 Å². The van der Waals surface area contributed by atoms with E-state index in [4.69, 9.17) is 23.2 Å². The maximum absolute atomic E-state index is 13.1. The quantitative estimate of drug-likeness (QED) is 0.314. The smallest absolute Gasteiger partial charge is 0.255 e. The second-order valence-electron chi connectivity index (χ2n) is 11.1. The van der Waals surface area contributed by atoms with Crippen LogP contribution in [0.15, 0.2) is 66.7 Å². The first-order valence-electron chi connectivity index (χ1n) is 13.1. The standard InChI is InChI=1S/C30H33Cl2N3O4S/c1-30(2,3)23-12-10-21(11-13-23)28(36)33-24-7-4-8-25(17-24)34-29(37)22-6-5-15-35(18-22)40(38,39)19-20-9-14-26(31)27(32)16-20/h4,7-14,16-17,22H,5-6,15,18-19H2,1-3H3,(H,33,36)(H,34,37)/t22-/m0/s1. The molecule has 40 heavy (non-hydrogen) atoms. The Bertz CT molecular complexity index is 1500. The molecule has 4 rings (SSSR count). The summed E-state index contributed by atoms with van der Waals surface area (Å²) in [5.74, 6) is -1.24. The van der Waals surface area contributed by atoms with E-state index in [0.29, 0.717) is 51.9 Å². The Balaban J connectivity index is 1.37. The number of carbonyl (C=O) groups excluding carboxylic acids is 2. The maximum Gasteiger partial charge on any atom is 0.255 e. The number of carbonyl (C=O) groups is 2. The second kappa shape index (κ2) is 12.3. The van der Waals surface area contributed by atoms with Gasteiger partial charge in [0, 0.05) is 30.0 Å². The number of nitrogens with one attached hydrogen (secondary N) is 2. The van der Waals surface area contributed by atoms with Gasteiger partial charge in [0.05, 0.1) is 21.7 Å². The third-order valence-electron chi connectivity index (χ3n) is 6.88. The molecular formula is C30H33Cl2N3O4S. The normalized spacial score (nSPS) is 16.4. The van der Waals surface area contributed by atoms with Gasteiger partial charge in [-0.2, -0.15) is 0 Å². The summed E-state index contributed by atoms with van der Waals surface area (Å²) in [5.41, 5.74) is 3.25. The summed E-state index contributed by atoms with van der Waals surface area (Å²) in [6.07, 6.45) is 1.15. The number of rotatable bonds is 7. The van der Waals surface area contributed by atoms with Gasteiger partial charge < -0.3 is 10.6 Å². The van der Waals surface area contributed by atoms with Crippen LogP contribution in [0.5, 0.6) is 0 Å². The highest BCUT2D eigenvalue weighted by molar-refractivity contribution is 7.88. The van der Waals surface area contributed by atoms with Crippen LogP contribution in [0.4, 0.5) is 11.4 Å². The Morgan fingerprint density at radius 1 is 0.925 bits per heavy atom. The molecule has 2 N–H and O–H groups in total. The number of benzene rings is 3. The molecule has 3 aromatic rings. The molecule has 0 bridgehead atoms. The van der Waals surface area contributed by atoms with Crippen molar-refractivity contribution in [2.24, 2.45) is 5.92 Å². The molecule has 10 heteroatoms. The summed E-state index contributed by atoms with van der Waals surface area (Å²) >= 11 is 12.0. The fraction of sp³-hybridized carbons (Fsp3) is 0.333. The molecule has 1 aliphatic heterocycles. The Kier molecular flexibility index (Phi) is 9.25. The molecular weight excluding hydrogens is 569 g/mol. The molecule has 7 nitrogen and oxygen atoms in total. The van der Waals surface area contributed by atoms with Crippen molar-refractivity contribution in [2.75, 3.05) is 23.7 Å². The Hall–Kier alpha value is -2.91. The monoisotopic (exact) mass is 601 g/mol. The zero-order chi connectivity index (χ0) is 29.1. The number of sulfonamides is 1. The third kappa shape index (κ3) is 7.63. The highest BCUT2D eigenvalue weighted by atomic mass is 35.5. The van der Waals surface area contributed by atoms with Crippen LogP contribution in [-0.2, 0) is 26.0 Å². The van der Waals surface area contributed by atoms with E-state index >= 15 is 0 Å². The first kappa shape index (κ1) is 30.1. The van der Waals surface area contributed by atoms with Gasteiger partial charge in [-0.1, -0.05) is 68.2 Å². The van der Waals surface area contributed by atoms with Crippen molar-refractivity contribution in [3.63, 3.8) is 0 Å². The highest BCUT2D eigenvalue weighted by Gasteiger charge is 2.32. The molecule has 1 aliphatic rings. The van der Waals surface area contributed by atoms with Crippen molar-refractivity contribution in [3.8, 4) is 0 Å². The molecule has 0 saturated carbocycles. The van der Waals surface area contributed by atoms with Crippen molar-refractivity contribution in [1.82, 2.24) is 4.31 Å². The maximum atomic E-state index is 13.1. The summed E-state index contributed by atoms with van der Waals surface area (Å²) < 4.78 is 27.5. The van der Waals surface area contributed by atoms with E-state index in [1.165, 1.54) is 4.31 Å². The number of halogens is 2. The van der Waals surface area contributed by atoms with Crippen LogP contribution in [0.1, 0.15) is 55.1 Å².